The molecule has 0 unspecified atom stereocenters. The molecule has 5 aromatic carbocycles. The fourth-order valence-electron chi connectivity index (χ4n) is 10.0. The number of ether oxygens (including phenoxy) is 1. The molecule has 5 aromatic heterocycles. The van der Waals surface area contributed by atoms with Gasteiger partial charge in [0.25, 0.3) is 5.91 Å². The van der Waals surface area contributed by atoms with Crippen molar-refractivity contribution >= 4 is 79.8 Å². The summed E-state index contributed by atoms with van der Waals surface area (Å²) in [5.41, 5.74) is 16.9. The third kappa shape index (κ3) is 9.09. The van der Waals surface area contributed by atoms with Crippen LogP contribution in [0.2, 0.25) is 0 Å². The molecule has 8 bridgehead atoms. The molecule has 9 nitrogen and oxygen atoms in total. The fraction of sp³-hybridized carbons (Fsp3) is 0.109. The maximum absolute atomic E-state index is 14.3. The van der Waals surface area contributed by atoms with Gasteiger partial charge in [0, 0.05) is 66.8 Å². The van der Waals surface area contributed by atoms with E-state index in [9.17, 15) is 4.79 Å². The topological polar surface area (TPSA) is 121 Å². The first-order chi connectivity index (χ1) is 36.0. The number of amides is 1. The Labute approximate surface area is 423 Å². The van der Waals surface area contributed by atoms with Gasteiger partial charge in [0.2, 0.25) is 5.88 Å². The van der Waals surface area contributed by atoms with Crippen molar-refractivity contribution in [2.45, 2.75) is 39.0 Å². The van der Waals surface area contributed by atoms with Gasteiger partial charge in [-0.25, -0.2) is 19.9 Å². The van der Waals surface area contributed by atoms with Crippen LogP contribution < -0.4 is 10.1 Å². The highest BCUT2D eigenvalue weighted by molar-refractivity contribution is 6.08. The van der Waals surface area contributed by atoms with Crippen LogP contribution in [-0.2, 0) is 0 Å². The van der Waals surface area contributed by atoms with Crippen molar-refractivity contribution < 1.29 is 9.53 Å². The van der Waals surface area contributed by atoms with Crippen LogP contribution in [0, 0.1) is 0 Å². The van der Waals surface area contributed by atoms with Crippen molar-refractivity contribution in [3.05, 3.63) is 204 Å². The number of nitrogens with one attached hydrogen (secondary N) is 3. The first-order valence-corrected chi connectivity index (χ1v) is 25.1. The highest BCUT2D eigenvalue weighted by Crippen LogP contribution is 2.39. The van der Waals surface area contributed by atoms with E-state index in [1.165, 1.54) is 19.3 Å². The molecule has 0 radical (unpaired) electrons. The molecule has 7 heterocycles. The molecular formula is C64H51N7O2. The number of unbranched alkanes of at least 4 members (excludes halogenated alkanes) is 4. The summed E-state index contributed by atoms with van der Waals surface area (Å²) in [6, 6.07) is 59.3. The Morgan fingerprint density at radius 2 is 0.904 bits per heavy atom. The number of anilines is 1. The minimum absolute atomic E-state index is 0.279. The minimum Gasteiger partial charge on any atom is -0.478 e. The van der Waals surface area contributed by atoms with E-state index in [4.69, 9.17) is 24.7 Å². The fourth-order valence-corrected chi connectivity index (χ4v) is 10.0. The zero-order valence-electron chi connectivity index (χ0n) is 40.4. The highest BCUT2D eigenvalue weighted by atomic mass is 16.5. The number of benzene rings is 5. The van der Waals surface area contributed by atoms with Gasteiger partial charge in [-0.05, 0) is 102 Å². The number of aromatic amines is 2. The van der Waals surface area contributed by atoms with Crippen molar-refractivity contribution in [2.75, 3.05) is 11.9 Å². The van der Waals surface area contributed by atoms with E-state index in [0.717, 1.165) is 113 Å². The summed E-state index contributed by atoms with van der Waals surface area (Å²) >= 11 is 0. The summed E-state index contributed by atoms with van der Waals surface area (Å²) in [6.45, 7) is 2.83. The number of carbonyl (C=O) groups excluding carboxylic acids is 1. The van der Waals surface area contributed by atoms with Crippen molar-refractivity contribution in [2.24, 2.45) is 0 Å². The molecule has 354 valence electrons. The first-order valence-electron chi connectivity index (χ1n) is 25.1. The Morgan fingerprint density at radius 3 is 1.42 bits per heavy atom. The lowest BCUT2D eigenvalue weighted by Gasteiger charge is -2.10. The molecule has 0 fully saturated rings. The largest absolute Gasteiger partial charge is 0.478 e. The average molecular weight is 950 g/mol. The number of H-pyrrole nitrogens is 2. The Bertz CT molecular complexity index is 3910. The predicted octanol–water partition coefficient (Wildman–Crippen LogP) is 16.0. The quantitative estimate of drug-likeness (QED) is 0.0782. The van der Waals surface area contributed by atoms with Gasteiger partial charge in [-0.3, -0.25) is 4.79 Å². The Morgan fingerprint density at radius 1 is 0.452 bits per heavy atom. The molecule has 0 aliphatic carbocycles. The number of nitrogens with zero attached hydrogens (tertiary/aromatic N) is 4. The molecule has 0 saturated heterocycles. The zero-order valence-corrected chi connectivity index (χ0v) is 40.4. The van der Waals surface area contributed by atoms with E-state index in [1.54, 1.807) is 6.07 Å². The van der Waals surface area contributed by atoms with Crippen molar-refractivity contribution in [1.29, 1.82) is 0 Å². The van der Waals surface area contributed by atoms with Crippen LogP contribution >= 0.6 is 0 Å². The third-order valence-corrected chi connectivity index (χ3v) is 13.6. The molecular weight excluding hydrogens is 899 g/mol. The smallest absolute Gasteiger partial charge is 0.274 e. The van der Waals surface area contributed by atoms with E-state index in [-0.39, 0.29) is 11.6 Å². The second-order valence-corrected chi connectivity index (χ2v) is 18.5. The van der Waals surface area contributed by atoms with Gasteiger partial charge in [0.15, 0.2) is 0 Å². The second kappa shape index (κ2) is 19.9. The molecule has 73 heavy (non-hydrogen) atoms. The van der Waals surface area contributed by atoms with Gasteiger partial charge in [-0.15, -0.1) is 0 Å². The van der Waals surface area contributed by atoms with Crippen LogP contribution in [0.1, 0.15) is 72.3 Å². The number of aromatic nitrogens is 6. The van der Waals surface area contributed by atoms with Crippen molar-refractivity contribution in [3.8, 4) is 50.4 Å². The molecule has 0 spiro atoms. The van der Waals surface area contributed by atoms with E-state index in [2.05, 4.69) is 150 Å². The summed E-state index contributed by atoms with van der Waals surface area (Å²) in [5, 5.41) is 4.98. The first kappa shape index (κ1) is 45.0. The Hall–Kier alpha value is -9.21. The van der Waals surface area contributed by atoms with E-state index in [0.29, 0.717) is 29.2 Å². The Balaban J connectivity index is 0.995. The molecule has 2 aliphatic heterocycles. The maximum atomic E-state index is 14.3. The predicted molar refractivity (Wildman–Crippen MR) is 300 cm³/mol. The van der Waals surface area contributed by atoms with Crippen molar-refractivity contribution in [1.82, 2.24) is 29.9 Å². The third-order valence-electron chi connectivity index (χ3n) is 13.6. The lowest BCUT2D eigenvalue weighted by Crippen LogP contribution is -2.13. The van der Waals surface area contributed by atoms with Crippen LogP contribution in [0.5, 0.6) is 5.88 Å². The lowest BCUT2D eigenvalue weighted by atomic mass is 10.0. The molecule has 10 aromatic rings. The van der Waals surface area contributed by atoms with Gasteiger partial charge in [0.1, 0.15) is 11.2 Å². The van der Waals surface area contributed by atoms with Crippen LogP contribution in [0.3, 0.4) is 0 Å². The number of carbonyl (C=O) groups is 1. The zero-order chi connectivity index (χ0) is 49.1. The SMILES string of the molecule is CCCCCCCOc1ccc2ccc3ccc(C(=O)Nc4cccc(-c5c6nc(c(-c7ccccc7)c7ccc([nH]7)c(-c7ccccc7)c7nc(c(-c8ccccc8)c8ccc5[nH]8)C=C7)C=C6)c4)nc3c2n1. The van der Waals surface area contributed by atoms with E-state index in [1.807, 2.05) is 66.7 Å². The van der Waals surface area contributed by atoms with Gasteiger partial charge in [0.05, 0.1) is 34.9 Å². The van der Waals surface area contributed by atoms with E-state index >= 15 is 0 Å². The van der Waals surface area contributed by atoms with Crippen LogP contribution in [0.4, 0.5) is 5.69 Å². The van der Waals surface area contributed by atoms with Gasteiger partial charge in [-0.2, -0.15) is 0 Å². The summed E-state index contributed by atoms with van der Waals surface area (Å²) < 4.78 is 6.08. The normalized spacial score (nSPS) is 11.9. The average Bonchev–Trinajstić information content (AvgIpc) is 4.30. The number of pyridine rings is 2. The standard InChI is InChI=1S/C64H51N7O2/c1-2-3-4-5-15-39-73-57-38-28-45-26-25-44-27-29-56(70-62(44)63(45)71-57)64(72)65-47-24-16-23-46(40-47)61-54-36-34-52(68-54)59(42-19-11-7-12-20-42)50-32-30-48(66-50)58(41-17-9-6-10-18-41)49-31-33-51(67-49)60(43-21-13-8-14-22-43)53-35-37-55(61)69-53/h6-14,16-38,40,66,69H,2-5,15,39H2,1H3,(H,65,72). The molecule has 0 saturated carbocycles. The Kier molecular flexibility index (Phi) is 12.2. The van der Waals surface area contributed by atoms with Crippen LogP contribution in [0.25, 0.3) is 113 Å². The van der Waals surface area contributed by atoms with E-state index < -0.39 is 0 Å². The van der Waals surface area contributed by atoms with Crippen LogP contribution in [-0.4, -0.2) is 42.4 Å². The lowest BCUT2D eigenvalue weighted by molar-refractivity contribution is 0.102. The second-order valence-electron chi connectivity index (χ2n) is 18.5. The van der Waals surface area contributed by atoms with Crippen molar-refractivity contribution in [3.63, 3.8) is 0 Å². The molecule has 0 atom stereocenters. The molecule has 2 aliphatic rings. The highest BCUT2D eigenvalue weighted by Gasteiger charge is 2.20. The molecule has 12 rings (SSSR count). The summed E-state index contributed by atoms with van der Waals surface area (Å²) in [6.07, 6.45) is 14.2. The maximum Gasteiger partial charge on any atom is 0.274 e. The number of fused-ring (bicyclic) bond motifs is 11. The number of hydrogen-bond acceptors (Lipinski definition) is 6. The summed E-state index contributed by atoms with van der Waals surface area (Å²) in [7, 11) is 0. The number of rotatable bonds is 13. The summed E-state index contributed by atoms with van der Waals surface area (Å²) in [5.74, 6) is 0.221. The number of hydrogen-bond donors (Lipinski definition) is 3. The summed E-state index contributed by atoms with van der Waals surface area (Å²) in [4.78, 5) is 42.6. The van der Waals surface area contributed by atoms with Gasteiger partial charge in [-0.1, -0.05) is 154 Å². The monoisotopic (exact) mass is 949 g/mol. The molecule has 3 N–H and O–H groups in total. The van der Waals surface area contributed by atoms with Gasteiger partial charge < -0.3 is 20.0 Å². The van der Waals surface area contributed by atoms with Crippen LogP contribution in [0.15, 0.2) is 176 Å². The van der Waals surface area contributed by atoms with Gasteiger partial charge >= 0.3 is 0 Å². The minimum atomic E-state index is -0.335. The molecule has 1 amide bonds. The molecule has 9 heteroatoms.